The SMILES string of the molecule is C[C@@H]1OCC2OC(O)CC(O)C2O1. The molecule has 0 aromatic heterocycles. The molecule has 2 aliphatic heterocycles. The summed E-state index contributed by atoms with van der Waals surface area (Å²) in [7, 11) is 0. The molecule has 2 aliphatic rings. The molecule has 0 radical (unpaired) electrons. The van der Waals surface area contributed by atoms with Gasteiger partial charge in [-0.15, -0.1) is 0 Å². The van der Waals surface area contributed by atoms with Gasteiger partial charge in [0.1, 0.15) is 12.2 Å². The van der Waals surface area contributed by atoms with Crippen molar-refractivity contribution in [3.63, 3.8) is 0 Å². The van der Waals surface area contributed by atoms with Crippen LogP contribution in [0.5, 0.6) is 0 Å². The van der Waals surface area contributed by atoms with E-state index in [1.807, 2.05) is 0 Å². The zero-order chi connectivity index (χ0) is 9.42. The fraction of sp³-hybridized carbons (Fsp3) is 1.00. The lowest BCUT2D eigenvalue weighted by molar-refractivity contribution is -0.324. The molecule has 0 aliphatic carbocycles. The molecule has 0 amide bonds. The maximum Gasteiger partial charge on any atom is 0.157 e. The highest BCUT2D eigenvalue weighted by Crippen LogP contribution is 2.26. The maximum atomic E-state index is 9.57. The van der Waals surface area contributed by atoms with Gasteiger partial charge < -0.3 is 24.4 Å². The van der Waals surface area contributed by atoms with Crippen molar-refractivity contribution in [2.45, 2.75) is 44.2 Å². The predicted octanol–water partition coefficient (Wildman–Crippen LogP) is -0.784. The Kier molecular flexibility index (Phi) is 2.53. The van der Waals surface area contributed by atoms with Crippen LogP contribution in [-0.2, 0) is 14.2 Å². The van der Waals surface area contributed by atoms with Gasteiger partial charge in [-0.1, -0.05) is 0 Å². The molecular formula is C8H14O5. The highest BCUT2D eigenvalue weighted by molar-refractivity contribution is 4.85. The summed E-state index contributed by atoms with van der Waals surface area (Å²) in [5.74, 6) is 0. The van der Waals surface area contributed by atoms with E-state index >= 15 is 0 Å². The van der Waals surface area contributed by atoms with E-state index in [2.05, 4.69) is 0 Å². The molecule has 13 heavy (non-hydrogen) atoms. The summed E-state index contributed by atoms with van der Waals surface area (Å²) in [5.41, 5.74) is 0. The van der Waals surface area contributed by atoms with Crippen molar-refractivity contribution in [1.29, 1.82) is 0 Å². The van der Waals surface area contributed by atoms with Gasteiger partial charge in [-0.3, -0.25) is 0 Å². The highest BCUT2D eigenvalue weighted by atomic mass is 16.7. The maximum absolute atomic E-state index is 9.57. The molecule has 2 N–H and O–H groups in total. The molecule has 5 heteroatoms. The number of hydrogen-bond acceptors (Lipinski definition) is 5. The Bertz CT molecular complexity index is 185. The Hall–Kier alpha value is -0.200. The largest absolute Gasteiger partial charge is 0.390 e. The second kappa shape index (κ2) is 3.51. The Balaban J connectivity index is 2.02. The summed E-state index contributed by atoms with van der Waals surface area (Å²) in [5, 5.41) is 18.8. The Morgan fingerprint density at radius 1 is 1.23 bits per heavy atom. The van der Waals surface area contributed by atoms with Crippen molar-refractivity contribution < 1.29 is 24.4 Å². The first-order chi connectivity index (χ1) is 6.16. The topological polar surface area (TPSA) is 68.2 Å². The van der Waals surface area contributed by atoms with Crippen molar-refractivity contribution in [3.8, 4) is 0 Å². The molecule has 76 valence electrons. The fourth-order valence-electron chi connectivity index (χ4n) is 1.73. The zero-order valence-electron chi connectivity index (χ0n) is 7.42. The molecule has 5 atom stereocenters. The van der Waals surface area contributed by atoms with Crippen molar-refractivity contribution in [1.82, 2.24) is 0 Å². The minimum Gasteiger partial charge on any atom is -0.390 e. The molecular weight excluding hydrogens is 176 g/mol. The van der Waals surface area contributed by atoms with E-state index < -0.39 is 12.4 Å². The lowest BCUT2D eigenvalue weighted by atomic mass is 10.0. The lowest BCUT2D eigenvalue weighted by Crippen LogP contribution is -2.55. The Morgan fingerprint density at radius 2 is 2.00 bits per heavy atom. The molecule has 4 unspecified atom stereocenters. The third-order valence-electron chi connectivity index (χ3n) is 2.36. The van der Waals surface area contributed by atoms with Gasteiger partial charge in [-0.25, -0.2) is 0 Å². The van der Waals surface area contributed by atoms with E-state index in [4.69, 9.17) is 14.2 Å². The first kappa shape index (κ1) is 9.36. The van der Waals surface area contributed by atoms with Gasteiger partial charge in [0.25, 0.3) is 0 Å². The minimum absolute atomic E-state index is 0.202. The molecule has 0 spiro atoms. The van der Waals surface area contributed by atoms with Crippen LogP contribution >= 0.6 is 0 Å². The van der Waals surface area contributed by atoms with Crippen LogP contribution in [0.25, 0.3) is 0 Å². The summed E-state index contributed by atoms with van der Waals surface area (Å²) >= 11 is 0. The summed E-state index contributed by atoms with van der Waals surface area (Å²) in [4.78, 5) is 0. The average Bonchev–Trinajstić information content (AvgIpc) is 2.06. The predicted molar refractivity (Wildman–Crippen MR) is 41.8 cm³/mol. The molecule has 2 heterocycles. The molecule has 5 nitrogen and oxygen atoms in total. The Morgan fingerprint density at radius 3 is 2.77 bits per heavy atom. The smallest absolute Gasteiger partial charge is 0.157 e. The molecule has 0 aromatic rings. The molecule has 0 saturated carbocycles. The standard InChI is InChI=1S/C8H14O5/c1-4-11-3-6-8(12-4)5(9)2-7(10)13-6/h4-10H,2-3H2,1H3/t4-,5?,6?,7?,8?/m1/s1. The molecule has 2 rings (SSSR count). The van der Waals surface area contributed by atoms with E-state index in [1.165, 1.54) is 0 Å². The number of rotatable bonds is 0. The number of ether oxygens (including phenoxy) is 3. The average molecular weight is 190 g/mol. The third-order valence-corrected chi connectivity index (χ3v) is 2.36. The van der Waals surface area contributed by atoms with Crippen LogP contribution in [0.1, 0.15) is 13.3 Å². The summed E-state index contributed by atoms with van der Waals surface area (Å²) in [6.45, 7) is 2.13. The van der Waals surface area contributed by atoms with E-state index in [0.717, 1.165) is 0 Å². The van der Waals surface area contributed by atoms with Gasteiger partial charge in [-0.2, -0.15) is 0 Å². The van der Waals surface area contributed by atoms with Crippen LogP contribution in [0, 0.1) is 0 Å². The number of fused-ring (bicyclic) bond motifs is 1. The van der Waals surface area contributed by atoms with Crippen molar-refractivity contribution in [2.24, 2.45) is 0 Å². The first-order valence-corrected chi connectivity index (χ1v) is 4.45. The molecule has 0 aromatic carbocycles. The van der Waals surface area contributed by atoms with Gasteiger partial charge in [0.05, 0.1) is 12.7 Å². The number of hydrogen-bond donors (Lipinski definition) is 2. The fourth-order valence-corrected chi connectivity index (χ4v) is 1.73. The van der Waals surface area contributed by atoms with Crippen LogP contribution < -0.4 is 0 Å². The summed E-state index contributed by atoms with van der Waals surface area (Å²) in [6, 6.07) is 0. The summed E-state index contributed by atoms with van der Waals surface area (Å²) < 4.78 is 15.7. The second-order valence-electron chi connectivity index (χ2n) is 3.43. The van der Waals surface area contributed by atoms with Crippen LogP contribution in [0.3, 0.4) is 0 Å². The molecule has 2 fully saturated rings. The zero-order valence-corrected chi connectivity index (χ0v) is 7.42. The van der Waals surface area contributed by atoms with E-state index in [0.29, 0.717) is 6.61 Å². The van der Waals surface area contributed by atoms with E-state index in [-0.39, 0.29) is 24.9 Å². The van der Waals surface area contributed by atoms with E-state index in [1.54, 1.807) is 6.92 Å². The molecule has 2 saturated heterocycles. The monoisotopic (exact) mass is 190 g/mol. The minimum atomic E-state index is -0.906. The van der Waals surface area contributed by atoms with Gasteiger partial charge in [0.2, 0.25) is 0 Å². The quantitative estimate of drug-likeness (QED) is 0.524. The summed E-state index contributed by atoms with van der Waals surface area (Å²) in [6.07, 6.45) is -2.40. The van der Waals surface area contributed by atoms with Crippen LogP contribution in [-0.4, -0.2) is 47.7 Å². The number of aliphatic hydroxyl groups is 2. The second-order valence-corrected chi connectivity index (χ2v) is 3.43. The van der Waals surface area contributed by atoms with Crippen molar-refractivity contribution in [3.05, 3.63) is 0 Å². The first-order valence-electron chi connectivity index (χ1n) is 4.45. The molecule has 0 bridgehead atoms. The number of aliphatic hydroxyl groups excluding tert-OH is 2. The third kappa shape index (κ3) is 1.84. The van der Waals surface area contributed by atoms with E-state index in [9.17, 15) is 10.2 Å². The van der Waals surface area contributed by atoms with Gasteiger partial charge in [0.15, 0.2) is 12.6 Å². The van der Waals surface area contributed by atoms with Gasteiger partial charge >= 0.3 is 0 Å². The Labute approximate surface area is 76.2 Å². The van der Waals surface area contributed by atoms with Gasteiger partial charge in [0, 0.05) is 6.42 Å². The van der Waals surface area contributed by atoms with Crippen molar-refractivity contribution in [2.75, 3.05) is 6.61 Å². The van der Waals surface area contributed by atoms with Crippen LogP contribution in [0.2, 0.25) is 0 Å². The van der Waals surface area contributed by atoms with Crippen LogP contribution in [0.15, 0.2) is 0 Å². The van der Waals surface area contributed by atoms with Gasteiger partial charge in [-0.05, 0) is 6.92 Å². The van der Waals surface area contributed by atoms with Crippen molar-refractivity contribution >= 4 is 0 Å². The lowest BCUT2D eigenvalue weighted by Gasteiger charge is -2.42. The highest BCUT2D eigenvalue weighted by Gasteiger charge is 2.41. The normalized spacial score (nSPS) is 51.5. The van der Waals surface area contributed by atoms with Crippen LogP contribution in [0.4, 0.5) is 0 Å².